The van der Waals surface area contributed by atoms with Crippen LogP contribution in [0.1, 0.15) is 12.6 Å². The summed E-state index contributed by atoms with van der Waals surface area (Å²) in [4.78, 5) is 8.00. The smallest absolute Gasteiger partial charge is 1.00 e. The molecule has 2 rings (SSSR count). The van der Waals surface area contributed by atoms with Crippen LogP contribution in [0.5, 0.6) is 11.5 Å². The summed E-state index contributed by atoms with van der Waals surface area (Å²) in [5.74, 6) is 0.150. The molecule has 0 radical (unpaired) electrons. The Balaban J connectivity index is -0.000000553. The Labute approximate surface area is 199 Å². The van der Waals surface area contributed by atoms with Crippen molar-refractivity contribution in [1.29, 1.82) is 0 Å². The Hall–Kier alpha value is 0.853. The van der Waals surface area contributed by atoms with E-state index in [1.807, 2.05) is 43.5 Å². The van der Waals surface area contributed by atoms with Gasteiger partial charge < -0.3 is 16.4 Å². The number of hydrogen-bond donors (Lipinski definition) is 2. The van der Waals surface area contributed by atoms with Gasteiger partial charge in [-0.15, -0.1) is 30.2 Å². The van der Waals surface area contributed by atoms with Gasteiger partial charge in [0, 0.05) is 0 Å². The van der Waals surface area contributed by atoms with E-state index in [0.717, 1.165) is 5.56 Å². The number of phenols is 2. The van der Waals surface area contributed by atoms with Crippen LogP contribution >= 0.6 is 0 Å². The normalized spacial score (nSPS) is 8.00. The Morgan fingerprint density at radius 2 is 1.53 bits per heavy atom. The molecule has 2 aromatic carbocycles. The van der Waals surface area contributed by atoms with Crippen molar-refractivity contribution in [3.05, 3.63) is 66.1 Å². The maximum absolute atomic E-state index is 9.56. The first-order chi connectivity index (χ1) is 8.25. The van der Waals surface area contributed by atoms with E-state index >= 15 is 0 Å². The largest absolute Gasteiger partial charge is 1.00 e. The van der Waals surface area contributed by atoms with Gasteiger partial charge in [-0.25, -0.2) is 0 Å². The molecule has 0 aliphatic heterocycles. The molecule has 0 saturated heterocycles. The van der Waals surface area contributed by atoms with E-state index < -0.39 is 0 Å². The van der Waals surface area contributed by atoms with E-state index in [1.54, 1.807) is 12.1 Å². The van der Waals surface area contributed by atoms with Crippen molar-refractivity contribution in [2.75, 3.05) is 0 Å². The summed E-state index contributed by atoms with van der Waals surface area (Å²) in [6, 6.07) is 14.3. The molecular weight excluding hydrogens is 294 g/mol. The fraction of sp³-hybridized carbons (Fsp3) is 0. The van der Waals surface area contributed by atoms with Crippen LogP contribution in [0.15, 0.2) is 48.5 Å². The van der Waals surface area contributed by atoms with Gasteiger partial charge in [-0.2, -0.15) is 0 Å². The van der Waals surface area contributed by atoms with Crippen LogP contribution in [0.4, 0.5) is 0 Å². The van der Waals surface area contributed by atoms with Gasteiger partial charge in [0.25, 0.3) is 0 Å². The predicted octanol–water partition coefficient (Wildman–Crippen LogP) is -3.37. The first-order valence-electron chi connectivity index (χ1n) is 4.96. The van der Waals surface area contributed by atoms with Gasteiger partial charge in [0.2, 0.25) is 0 Å². The van der Waals surface area contributed by atoms with Gasteiger partial charge in [0.1, 0.15) is 12.5 Å². The van der Waals surface area contributed by atoms with Crippen molar-refractivity contribution < 1.29 is 119 Å². The zero-order valence-corrected chi connectivity index (χ0v) is 17.5. The minimum absolute atomic E-state index is 0. The average Bonchev–Trinajstić information content (AvgIpc) is 2.37. The van der Waals surface area contributed by atoms with Crippen LogP contribution in [0.25, 0.3) is 0 Å². The fourth-order valence-electron chi connectivity index (χ4n) is 1.38. The summed E-state index contributed by atoms with van der Waals surface area (Å²) >= 11 is 0. The van der Waals surface area contributed by atoms with E-state index in [-0.39, 0.29) is 116 Å². The van der Waals surface area contributed by atoms with E-state index in [4.69, 9.17) is 9.90 Å². The van der Waals surface area contributed by atoms with Gasteiger partial charge >= 0.3 is 103 Å². The maximum atomic E-state index is 9.56. The third-order valence-electron chi connectivity index (χ3n) is 2.14. The fourth-order valence-corrected chi connectivity index (χ4v) is 1.38. The summed E-state index contributed by atoms with van der Waals surface area (Å²) in [5.41, 5.74) is 1.71. The second-order valence-corrected chi connectivity index (χ2v) is 3.30. The van der Waals surface area contributed by atoms with Crippen LogP contribution < -0.4 is 103 Å². The Bertz CT molecular complexity index is 481. The molecule has 90 valence electrons. The predicted molar refractivity (Wildman–Crippen MR) is 67.0 cm³/mol. The second kappa shape index (κ2) is 12.6. The summed E-state index contributed by atoms with van der Waals surface area (Å²) in [6.45, 7) is 2.00. The molecule has 0 unspecified atom stereocenters. The minimum atomic E-state index is 0. The molecule has 0 heterocycles. The molecule has 2 aromatic rings. The quantitative estimate of drug-likeness (QED) is 0.450. The molecule has 19 heavy (non-hydrogen) atoms. The molecule has 0 aliphatic carbocycles. The molecular formula is C14H14K2O3. The van der Waals surface area contributed by atoms with Crippen molar-refractivity contribution >= 4 is 6.79 Å². The topological polar surface area (TPSA) is 57.5 Å². The molecule has 0 spiro atoms. The van der Waals surface area contributed by atoms with Crippen molar-refractivity contribution in [3.63, 3.8) is 0 Å². The van der Waals surface area contributed by atoms with E-state index in [9.17, 15) is 5.11 Å². The molecule has 5 heteroatoms. The van der Waals surface area contributed by atoms with E-state index in [0.29, 0.717) is 5.56 Å². The third kappa shape index (κ3) is 8.01. The Morgan fingerprint density at radius 3 is 2.05 bits per heavy atom. The van der Waals surface area contributed by atoms with E-state index in [1.165, 1.54) is 6.07 Å². The molecule has 0 atom stereocenters. The maximum Gasteiger partial charge on any atom is 1.00 e. The SMILES string of the molecule is C=O.Oc1ccc([CH-]c2ccccc2)c(O)c1.[H-].[K+].[K+]. The summed E-state index contributed by atoms with van der Waals surface area (Å²) in [6.07, 6.45) is 1.86. The molecule has 2 N–H and O–H groups in total. The number of phenolic OH excluding ortho intramolecular Hbond substituents is 2. The van der Waals surface area contributed by atoms with Gasteiger partial charge in [0.05, 0.1) is 5.75 Å². The van der Waals surface area contributed by atoms with Crippen molar-refractivity contribution in [2.24, 2.45) is 0 Å². The average molecular weight is 308 g/mol. The molecule has 0 aliphatic rings. The standard InChI is InChI=1S/C13H11O2.CH2O.2K.H/c14-12-7-6-11(13(15)9-12)8-10-4-2-1-3-5-10;1-2;;;/h1-9,14-15H;1H2;;;/q-1;;2*+1;-1. The van der Waals surface area contributed by atoms with Crippen LogP contribution in [-0.4, -0.2) is 17.0 Å². The van der Waals surface area contributed by atoms with Gasteiger partial charge in [-0.1, -0.05) is 29.8 Å². The molecule has 0 bridgehead atoms. The number of rotatable bonds is 2. The summed E-state index contributed by atoms with van der Waals surface area (Å²) in [7, 11) is 0. The molecule has 0 saturated carbocycles. The van der Waals surface area contributed by atoms with E-state index in [2.05, 4.69) is 0 Å². The molecule has 0 fully saturated rings. The number of hydrogen-bond acceptors (Lipinski definition) is 3. The number of aromatic hydroxyl groups is 2. The second-order valence-electron chi connectivity index (χ2n) is 3.30. The Kier molecular flexibility index (Phi) is 14.7. The summed E-state index contributed by atoms with van der Waals surface area (Å²) in [5, 5.41) is 18.7. The zero-order valence-electron chi connectivity index (χ0n) is 12.2. The Morgan fingerprint density at radius 1 is 0.947 bits per heavy atom. The van der Waals surface area contributed by atoms with Gasteiger partial charge in [0.15, 0.2) is 0 Å². The minimum Gasteiger partial charge on any atom is -1.00 e. The van der Waals surface area contributed by atoms with Gasteiger partial charge in [-0.05, 0) is 6.07 Å². The first-order valence-corrected chi connectivity index (χ1v) is 4.96. The first kappa shape index (κ1) is 22.1. The molecule has 0 amide bonds. The van der Waals surface area contributed by atoms with Crippen LogP contribution in [0, 0.1) is 6.42 Å². The van der Waals surface area contributed by atoms with Crippen LogP contribution in [0.3, 0.4) is 0 Å². The van der Waals surface area contributed by atoms with Crippen LogP contribution in [-0.2, 0) is 4.79 Å². The number of benzene rings is 2. The molecule has 3 nitrogen and oxygen atoms in total. The number of carbonyl (C=O) groups is 1. The summed E-state index contributed by atoms with van der Waals surface area (Å²) < 4.78 is 0. The van der Waals surface area contributed by atoms with Gasteiger partial charge in [-0.3, -0.25) is 0 Å². The monoisotopic (exact) mass is 308 g/mol. The molecule has 0 aromatic heterocycles. The third-order valence-corrected chi connectivity index (χ3v) is 2.14. The van der Waals surface area contributed by atoms with Crippen molar-refractivity contribution in [2.45, 2.75) is 0 Å². The van der Waals surface area contributed by atoms with Crippen molar-refractivity contribution in [3.8, 4) is 11.5 Å². The zero-order chi connectivity index (χ0) is 12.7. The van der Waals surface area contributed by atoms with Crippen LogP contribution in [0.2, 0.25) is 0 Å². The van der Waals surface area contributed by atoms with Crippen molar-refractivity contribution in [1.82, 2.24) is 0 Å². The number of carbonyl (C=O) groups excluding carboxylic acids is 1.